The summed E-state index contributed by atoms with van der Waals surface area (Å²) in [6.45, 7) is 2.22. The first kappa shape index (κ1) is 15.5. The number of benzene rings is 1. The van der Waals surface area contributed by atoms with Crippen molar-refractivity contribution in [1.82, 2.24) is 24.8 Å². The molecule has 2 aromatic rings. The number of carbonyl (C=O) groups excluding carboxylic acids is 1. The summed E-state index contributed by atoms with van der Waals surface area (Å²) in [5.41, 5.74) is 1.15. The summed E-state index contributed by atoms with van der Waals surface area (Å²) in [7, 11) is 1.87. The molecule has 6 heteroatoms. The number of carbonyl (C=O) groups is 1. The van der Waals surface area contributed by atoms with E-state index in [9.17, 15) is 4.79 Å². The van der Waals surface area contributed by atoms with Crippen LogP contribution in [-0.4, -0.2) is 51.0 Å². The van der Waals surface area contributed by atoms with Gasteiger partial charge in [-0.3, -0.25) is 0 Å². The second kappa shape index (κ2) is 7.26. The van der Waals surface area contributed by atoms with Crippen molar-refractivity contribution in [3.05, 3.63) is 48.3 Å². The Morgan fingerprint density at radius 3 is 2.83 bits per heavy atom. The normalized spacial score (nSPS) is 18.5. The van der Waals surface area contributed by atoms with Crippen molar-refractivity contribution >= 4 is 6.03 Å². The maximum atomic E-state index is 12.7. The minimum absolute atomic E-state index is 0.105. The van der Waals surface area contributed by atoms with E-state index in [0.29, 0.717) is 12.6 Å². The highest BCUT2D eigenvalue weighted by Gasteiger charge is 2.24. The number of rotatable bonds is 3. The van der Waals surface area contributed by atoms with Gasteiger partial charge in [0.15, 0.2) is 0 Å². The first-order chi connectivity index (χ1) is 11.2. The van der Waals surface area contributed by atoms with Crippen molar-refractivity contribution in [3.63, 3.8) is 0 Å². The minimum atomic E-state index is 0.105. The number of likely N-dealkylation sites (tertiary alicyclic amines) is 1. The van der Waals surface area contributed by atoms with Gasteiger partial charge in [-0.1, -0.05) is 35.5 Å². The molecule has 2 heterocycles. The second-order valence-corrected chi connectivity index (χ2v) is 6.08. The SMILES string of the molecule is CN(Cc1ccccc1)C(=O)N1CCC[C@H](n2ccnn2)CC1. The molecule has 1 saturated heterocycles. The van der Waals surface area contributed by atoms with E-state index in [1.165, 1.54) is 0 Å². The smallest absolute Gasteiger partial charge is 0.320 e. The molecule has 0 bridgehead atoms. The largest absolute Gasteiger partial charge is 0.325 e. The highest BCUT2D eigenvalue weighted by Crippen LogP contribution is 2.22. The van der Waals surface area contributed by atoms with Crippen LogP contribution in [0, 0.1) is 0 Å². The van der Waals surface area contributed by atoms with Gasteiger partial charge in [-0.2, -0.15) is 0 Å². The third-order valence-electron chi connectivity index (χ3n) is 4.37. The van der Waals surface area contributed by atoms with E-state index in [-0.39, 0.29) is 6.03 Å². The van der Waals surface area contributed by atoms with E-state index in [1.54, 1.807) is 11.1 Å². The predicted molar refractivity (Wildman–Crippen MR) is 87.8 cm³/mol. The zero-order chi connectivity index (χ0) is 16.1. The van der Waals surface area contributed by atoms with Gasteiger partial charge in [0.2, 0.25) is 0 Å². The Kier molecular flexibility index (Phi) is 4.90. The van der Waals surface area contributed by atoms with E-state index in [1.807, 2.05) is 53.2 Å². The lowest BCUT2D eigenvalue weighted by Gasteiger charge is -2.27. The summed E-state index contributed by atoms with van der Waals surface area (Å²) in [6.07, 6.45) is 6.57. The molecule has 0 saturated carbocycles. The molecule has 0 aliphatic carbocycles. The van der Waals surface area contributed by atoms with Crippen molar-refractivity contribution in [1.29, 1.82) is 0 Å². The van der Waals surface area contributed by atoms with Gasteiger partial charge >= 0.3 is 6.03 Å². The number of hydrogen-bond donors (Lipinski definition) is 0. The zero-order valence-corrected chi connectivity index (χ0v) is 13.5. The van der Waals surface area contributed by atoms with Crippen molar-refractivity contribution < 1.29 is 4.79 Å². The molecule has 1 aromatic heterocycles. The summed E-state index contributed by atoms with van der Waals surface area (Å²) in [6, 6.07) is 10.5. The highest BCUT2D eigenvalue weighted by molar-refractivity contribution is 5.74. The minimum Gasteiger partial charge on any atom is -0.325 e. The lowest BCUT2D eigenvalue weighted by molar-refractivity contribution is 0.162. The fraction of sp³-hybridized carbons (Fsp3) is 0.471. The van der Waals surface area contributed by atoms with Gasteiger partial charge in [-0.05, 0) is 24.8 Å². The standard InChI is InChI=1S/C17H23N5O/c1-20(14-15-6-3-2-4-7-15)17(23)21-11-5-8-16(9-12-21)22-13-10-18-19-22/h2-4,6-7,10,13,16H,5,8-9,11-12,14H2,1H3/t16-/m0/s1. The van der Waals surface area contributed by atoms with Gasteiger partial charge in [-0.15, -0.1) is 5.10 Å². The number of amides is 2. The van der Waals surface area contributed by atoms with Crippen LogP contribution in [0.5, 0.6) is 0 Å². The van der Waals surface area contributed by atoms with E-state index < -0.39 is 0 Å². The van der Waals surface area contributed by atoms with E-state index in [4.69, 9.17) is 0 Å². The fourth-order valence-corrected chi connectivity index (χ4v) is 3.11. The van der Waals surface area contributed by atoms with Crippen molar-refractivity contribution in [3.8, 4) is 0 Å². The van der Waals surface area contributed by atoms with Crippen LogP contribution in [0.1, 0.15) is 30.9 Å². The molecule has 0 spiro atoms. The third-order valence-corrected chi connectivity index (χ3v) is 4.37. The average molecular weight is 313 g/mol. The number of nitrogens with zero attached hydrogens (tertiary/aromatic N) is 5. The van der Waals surface area contributed by atoms with E-state index in [0.717, 1.165) is 37.9 Å². The molecule has 0 N–H and O–H groups in total. The van der Waals surface area contributed by atoms with Crippen LogP contribution in [-0.2, 0) is 6.54 Å². The van der Waals surface area contributed by atoms with Crippen LogP contribution >= 0.6 is 0 Å². The molecule has 1 aliphatic rings. The predicted octanol–water partition coefficient (Wildman–Crippen LogP) is 2.56. The molecule has 1 aromatic carbocycles. The van der Waals surface area contributed by atoms with Crippen LogP contribution in [0.3, 0.4) is 0 Å². The van der Waals surface area contributed by atoms with Gasteiger partial charge in [-0.25, -0.2) is 9.48 Å². The van der Waals surface area contributed by atoms with Crippen LogP contribution in [0.4, 0.5) is 4.79 Å². The lowest BCUT2D eigenvalue weighted by atomic mass is 10.1. The van der Waals surface area contributed by atoms with Crippen LogP contribution in [0.25, 0.3) is 0 Å². The monoisotopic (exact) mass is 313 g/mol. The Balaban J connectivity index is 1.57. The molecule has 1 fully saturated rings. The Bertz CT molecular complexity index is 613. The zero-order valence-electron chi connectivity index (χ0n) is 13.5. The summed E-state index contributed by atoms with van der Waals surface area (Å²) in [5, 5.41) is 7.98. The van der Waals surface area contributed by atoms with Gasteiger partial charge in [0.1, 0.15) is 0 Å². The Labute approximate surface area is 136 Å². The van der Waals surface area contributed by atoms with Crippen LogP contribution in [0.15, 0.2) is 42.7 Å². The van der Waals surface area contributed by atoms with E-state index >= 15 is 0 Å². The van der Waals surface area contributed by atoms with Gasteiger partial charge < -0.3 is 9.80 Å². The Hall–Kier alpha value is -2.37. The molecule has 122 valence electrons. The molecule has 0 radical (unpaired) electrons. The summed E-state index contributed by atoms with van der Waals surface area (Å²) in [5.74, 6) is 0. The number of aromatic nitrogens is 3. The van der Waals surface area contributed by atoms with E-state index in [2.05, 4.69) is 10.3 Å². The molecule has 1 atom stereocenters. The molecular weight excluding hydrogens is 290 g/mol. The van der Waals surface area contributed by atoms with Crippen molar-refractivity contribution in [2.75, 3.05) is 20.1 Å². The summed E-state index contributed by atoms with van der Waals surface area (Å²) >= 11 is 0. The third kappa shape index (κ3) is 3.88. The molecule has 1 aliphatic heterocycles. The topological polar surface area (TPSA) is 54.3 Å². The molecule has 3 rings (SSSR count). The Morgan fingerprint density at radius 1 is 1.26 bits per heavy atom. The first-order valence-corrected chi connectivity index (χ1v) is 8.14. The van der Waals surface area contributed by atoms with Crippen LogP contribution in [0.2, 0.25) is 0 Å². The Morgan fingerprint density at radius 2 is 2.09 bits per heavy atom. The highest BCUT2D eigenvalue weighted by atomic mass is 16.2. The summed E-state index contributed by atoms with van der Waals surface area (Å²) in [4.78, 5) is 16.4. The quantitative estimate of drug-likeness (QED) is 0.875. The molecule has 0 unspecified atom stereocenters. The molecule has 2 amide bonds. The number of hydrogen-bond acceptors (Lipinski definition) is 3. The van der Waals surface area contributed by atoms with Crippen molar-refractivity contribution in [2.45, 2.75) is 31.8 Å². The lowest BCUT2D eigenvalue weighted by Crippen LogP contribution is -2.41. The van der Waals surface area contributed by atoms with Gasteiger partial charge in [0.25, 0.3) is 0 Å². The molecular formula is C17H23N5O. The van der Waals surface area contributed by atoms with Gasteiger partial charge in [0.05, 0.1) is 12.2 Å². The maximum absolute atomic E-state index is 12.7. The second-order valence-electron chi connectivity index (χ2n) is 6.08. The number of urea groups is 1. The molecule has 23 heavy (non-hydrogen) atoms. The molecule has 6 nitrogen and oxygen atoms in total. The fourth-order valence-electron chi connectivity index (χ4n) is 3.11. The van der Waals surface area contributed by atoms with Crippen LogP contribution < -0.4 is 0 Å². The van der Waals surface area contributed by atoms with Gasteiger partial charge in [0, 0.05) is 32.9 Å². The average Bonchev–Trinajstić information content (AvgIpc) is 3.00. The maximum Gasteiger partial charge on any atom is 0.320 e. The summed E-state index contributed by atoms with van der Waals surface area (Å²) < 4.78 is 1.92. The first-order valence-electron chi connectivity index (χ1n) is 8.14. The van der Waals surface area contributed by atoms with Crippen molar-refractivity contribution in [2.24, 2.45) is 0 Å².